The van der Waals surface area contributed by atoms with Gasteiger partial charge in [-0.3, -0.25) is 19.1 Å². The smallest absolute Gasteiger partial charge is 0.331 e. The van der Waals surface area contributed by atoms with E-state index in [2.05, 4.69) is 20.2 Å². The summed E-state index contributed by atoms with van der Waals surface area (Å²) in [5, 5.41) is 8.44. The molecule has 136 valence electrons. The highest BCUT2D eigenvalue weighted by molar-refractivity contribution is 6.18. The topological polar surface area (TPSA) is 108 Å². The van der Waals surface area contributed by atoms with Crippen LogP contribution in [-0.2, 0) is 11.3 Å². The Bertz CT molecular complexity index is 1250. The molecule has 0 radical (unpaired) electrons. The summed E-state index contributed by atoms with van der Waals surface area (Å²) in [6.07, 6.45) is 3.31. The summed E-state index contributed by atoms with van der Waals surface area (Å²) >= 11 is 6.03. The molecule has 0 bridgehead atoms. The number of hydrogen-bond donors (Lipinski definition) is 1. The second-order valence-electron chi connectivity index (χ2n) is 5.66. The van der Waals surface area contributed by atoms with Crippen molar-refractivity contribution in [2.45, 2.75) is 6.61 Å². The van der Waals surface area contributed by atoms with Gasteiger partial charge in [-0.15, -0.1) is 10.2 Å². The second-order valence-corrected chi connectivity index (χ2v) is 6.00. The summed E-state index contributed by atoms with van der Waals surface area (Å²) in [7, 11) is 1.55. The van der Waals surface area contributed by atoms with E-state index in [4.69, 9.17) is 16.5 Å². The maximum Gasteiger partial charge on any atom is 0.331 e. The number of H-pyrrole nitrogens is 1. The molecule has 0 aliphatic carbocycles. The molecule has 0 aliphatic heterocycles. The van der Waals surface area contributed by atoms with Gasteiger partial charge in [0.25, 0.3) is 0 Å². The fraction of sp³-hybridized carbons (Fsp3) is 0.118. The number of aromatic nitrogens is 6. The Kier molecular flexibility index (Phi) is 4.30. The van der Waals surface area contributed by atoms with Crippen LogP contribution in [0, 0.1) is 0 Å². The summed E-state index contributed by atoms with van der Waals surface area (Å²) in [5.74, 6) is 1.02. The summed E-state index contributed by atoms with van der Waals surface area (Å²) in [5.41, 5.74) is 0.331. The van der Waals surface area contributed by atoms with Crippen molar-refractivity contribution in [3.63, 3.8) is 0 Å². The molecule has 9 nitrogen and oxygen atoms in total. The first-order valence-corrected chi connectivity index (χ1v) is 8.24. The fourth-order valence-corrected chi connectivity index (χ4v) is 3.06. The van der Waals surface area contributed by atoms with Gasteiger partial charge >= 0.3 is 11.1 Å². The van der Waals surface area contributed by atoms with Crippen molar-refractivity contribution in [2.75, 3.05) is 7.11 Å². The number of nitrogens with one attached hydrogen (secondary N) is 1. The zero-order valence-corrected chi connectivity index (χ0v) is 14.8. The molecule has 4 rings (SSSR count). The number of rotatable bonds is 4. The molecule has 27 heavy (non-hydrogen) atoms. The Balaban J connectivity index is 2.09. The molecule has 0 fully saturated rings. The first-order chi connectivity index (χ1) is 13.1. The number of methoxy groups -OCH3 is 1. The highest BCUT2D eigenvalue weighted by Gasteiger charge is 2.19. The lowest BCUT2D eigenvalue weighted by atomic mass is 10.2. The van der Waals surface area contributed by atoms with Crippen molar-refractivity contribution >= 4 is 22.8 Å². The van der Waals surface area contributed by atoms with Crippen molar-refractivity contribution in [1.82, 2.24) is 28.8 Å². The van der Waals surface area contributed by atoms with Crippen molar-refractivity contribution in [2.24, 2.45) is 0 Å². The van der Waals surface area contributed by atoms with Crippen molar-refractivity contribution < 1.29 is 4.74 Å². The SMILES string of the molecule is COCc1nnc(-c2cccnc2)n1-c1cccc2c1[nH]c(=O)c(=O)n2Cl. The Morgan fingerprint density at radius 3 is 2.78 bits per heavy atom. The first kappa shape index (κ1) is 17.1. The summed E-state index contributed by atoms with van der Waals surface area (Å²) in [6, 6.07) is 8.74. The number of benzene rings is 1. The van der Waals surface area contributed by atoms with Gasteiger partial charge in [0, 0.05) is 36.8 Å². The lowest BCUT2D eigenvalue weighted by Gasteiger charge is -2.13. The van der Waals surface area contributed by atoms with Gasteiger partial charge in [0.2, 0.25) is 0 Å². The highest BCUT2D eigenvalue weighted by atomic mass is 35.5. The molecule has 0 aliphatic rings. The Morgan fingerprint density at radius 2 is 2.04 bits per heavy atom. The first-order valence-electron chi connectivity index (χ1n) is 7.90. The van der Waals surface area contributed by atoms with Crippen LogP contribution in [0.1, 0.15) is 5.82 Å². The van der Waals surface area contributed by atoms with E-state index >= 15 is 0 Å². The Morgan fingerprint density at radius 1 is 1.19 bits per heavy atom. The van der Waals surface area contributed by atoms with Crippen LogP contribution < -0.4 is 11.1 Å². The number of halogens is 1. The fourth-order valence-electron chi connectivity index (χ4n) is 2.85. The number of para-hydroxylation sites is 1. The minimum atomic E-state index is -0.852. The molecule has 0 unspecified atom stereocenters. The van der Waals surface area contributed by atoms with Crippen LogP contribution in [0.4, 0.5) is 0 Å². The largest absolute Gasteiger partial charge is 0.377 e. The molecule has 0 saturated heterocycles. The lowest BCUT2D eigenvalue weighted by molar-refractivity contribution is 0.176. The maximum absolute atomic E-state index is 12.0. The minimum Gasteiger partial charge on any atom is -0.377 e. The summed E-state index contributed by atoms with van der Waals surface area (Å²) in [6.45, 7) is 0.189. The van der Waals surface area contributed by atoms with Crippen LogP contribution in [0.3, 0.4) is 0 Å². The second kappa shape index (κ2) is 6.78. The molecule has 10 heteroatoms. The van der Waals surface area contributed by atoms with Crippen molar-refractivity contribution in [3.8, 4) is 17.1 Å². The minimum absolute atomic E-state index is 0.189. The predicted molar refractivity (Wildman–Crippen MR) is 98.9 cm³/mol. The molecule has 0 spiro atoms. The number of hydrogen-bond acceptors (Lipinski definition) is 6. The van der Waals surface area contributed by atoms with E-state index in [1.165, 1.54) is 0 Å². The van der Waals surface area contributed by atoms with E-state index in [-0.39, 0.29) is 6.61 Å². The molecular formula is C17H13ClN6O3. The quantitative estimate of drug-likeness (QED) is 0.534. The number of pyridine rings is 1. The molecule has 4 aromatic rings. The predicted octanol–water partition coefficient (Wildman–Crippen LogP) is 1.48. The average molecular weight is 385 g/mol. The van der Waals surface area contributed by atoms with E-state index in [0.717, 1.165) is 9.65 Å². The Labute approximate surface area is 157 Å². The van der Waals surface area contributed by atoms with Crippen LogP contribution in [0.2, 0.25) is 0 Å². The molecule has 1 N–H and O–H groups in total. The van der Waals surface area contributed by atoms with E-state index in [1.54, 1.807) is 48.3 Å². The number of aromatic amines is 1. The van der Waals surface area contributed by atoms with Gasteiger partial charge in [-0.2, -0.15) is 0 Å². The summed E-state index contributed by atoms with van der Waals surface area (Å²) < 4.78 is 7.76. The molecule has 3 aromatic heterocycles. The van der Waals surface area contributed by atoms with Gasteiger partial charge in [-0.1, -0.05) is 6.07 Å². The molecular weight excluding hydrogens is 372 g/mol. The number of nitrogens with zero attached hydrogens (tertiary/aromatic N) is 5. The van der Waals surface area contributed by atoms with Crippen molar-refractivity contribution in [1.29, 1.82) is 0 Å². The molecule has 1 aromatic carbocycles. The van der Waals surface area contributed by atoms with E-state index in [1.807, 2.05) is 6.07 Å². The van der Waals surface area contributed by atoms with E-state index in [0.29, 0.717) is 28.4 Å². The molecule has 0 atom stereocenters. The van der Waals surface area contributed by atoms with Gasteiger partial charge in [-0.05, 0) is 24.3 Å². The number of ether oxygens (including phenoxy) is 1. The third-order valence-electron chi connectivity index (χ3n) is 4.01. The number of fused-ring (bicyclic) bond motifs is 1. The van der Waals surface area contributed by atoms with Crippen LogP contribution in [0.25, 0.3) is 28.1 Å². The van der Waals surface area contributed by atoms with Gasteiger partial charge in [0.15, 0.2) is 11.6 Å². The summed E-state index contributed by atoms with van der Waals surface area (Å²) in [4.78, 5) is 30.6. The van der Waals surface area contributed by atoms with E-state index < -0.39 is 11.1 Å². The van der Waals surface area contributed by atoms with Crippen LogP contribution in [0.15, 0.2) is 52.3 Å². The molecule has 0 saturated carbocycles. The third-order valence-corrected chi connectivity index (χ3v) is 4.34. The van der Waals surface area contributed by atoms with Gasteiger partial charge in [0.1, 0.15) is 6.61 Å². The zero-order chi connectivity index (χ0) is 19.0. The van der Waals surface area contributed by atoms with Crippen LogP contribution in [-0.4, -0.2) is 35.9 Å². The van der Waals surface area contributed by atoms with Crippen LogP contribution >= 0.6 is 11.8 Å². The van der Waals surface area contributed by atoms with Gasteiger partial charge in [0.05, 0.1) is 16.7 Å². The average Bonchev–Trinajstić information content (AvgIpc) is 3.10. The van der Waals surface area contributed by atoms with Crippen LogP contribution in [0.5, 0.6) is 0 Å². The molecule has 3 heterocycles. The lowest BCUT2D eigenvalue weighted by Crippen LogP contribution is -2.33. The standard InChI is InChI=1S/C17H13ClN6O3/c1-27-9-13-21-22-15(10-4-3-7-19-8-10)23(13)11-5-2-6-12-14(11)20-16(25)17(26)24(12)18/h2-8H,9H2,1H3,(H,20,25). The molecule has 0 amide bonds. The normalized spacial score (nSPS) is 11.2. The van der Waals surface area contributed by atoms with E-state index in [9.17, 15) is 9.59 Å². The zero-order valence-electron chi connectivity index (χ0n) is 14.1. The monoisotopic (exact) mass is 384 g/mol. The van der Waals surface area contributed by atoms with Crippen molar-refractivity contribution in [3.05, 3.63) is 69.3 Å². The third kappa shape index (κ3) is 2.82. The maximum atomic E-state index is 12.0. The van der Waals surface area contributed by atoms with Gasteiger partial charge in [-0.25, -0.2) is 4.09 Å². The van der Waals surface area contributed by atoms with Gasteiger partial charge < -0.3 is 9.72 Å². The highest BCUT2D eigenvalue weighted by Crippen LogP contribution is 2.26. The Hall–Kier alpha value is -3.30.